The highest BCUT2D eigenvalue weighted by Crippen LogP contribution is 2.42. The Morgan fingerprint density at radius 2 is 1.73 bits per heavy atom. The number of carbonyl (C=O) groups excluding carboxylic acids is 1. The average Bonchev–Trinajstić information content (AvgIpc) is 3.13. The molecule has 0 unspecified atom stereocenters. The SMILES string of the molecule is COc1cc(/C=C2\Oc3c(C[NH+]4CCN(C)CC4)c([O-])cc(C)c3C2=O)cc(OC)c1OC. The van der Waals surface area contributed by atoms with Crippen LogP contribution in [0.4, 0.5) is 0 Å². The maximum absolute atomic E-state index is 13.3. The summed E-state index contributed by atoms with van der Waals surface area (Å²) in [5.41, 5.74) is 2.32. The second kappa shape index (κ2) is 9.33. The number of hydrogen-bond donors (Lipinski definition) is 1. The highest BCUT2D eigenvalue weighted by Gasteiger charge is 2.33. The summed E-state index contributed by atoms with van der Waals surface area (Å²) in [6, 6.07) is 5.04. The molecule has 1 fully saturated rings. The van der Waals surface area contributed by atoms with E-state index in [1.165, 1.54) is 26.2 Å². The monoisotopic (exact) mass is 454 g/mol. The molecule has 8 heteroatoms. The summed E-state index contributed by atoms with van der Waals surface area (Å²) in [5.74, 6) is 1.67. The molecule has 0 spiro atoms. The zero-order chi connectivity index (χ0) is 23.7. The first kappa shape index (κ1) is 22.9. The molecule has 2 aliphatic heterocycles. The van der Waals surface area contributed by atoms with E-state index in [0.29, 0.717) is 51.8 Å². The van der Waals surface area contributed by atoms with Gasteiger partial charge in [-0.2, -0.15) is 0 Å². The molecule has 2 aromatic rings. The molecule has 176 valence electrons. The van der Waals surface area contributed by atoms with Crippen LogP contribution < -0.4 is 29.0 Å². The number of Topliss-reactive ketones (excluding diaryl/α,β-unsaturated/α-hetero) is 1. The fraction of sp³-hybridized carbons (Fsp3) is 0.400. The van der Waals surface area contributed by atoms with Crippen LogP contribution in [0.5, 0.6) is 28.7 Å². The summed E-state index contributed by atoms with van der Waals surface area (Å²) in [5, 5.41) is 12.9. The number of rotatable bonds is 6. The normalized spacial score (nSPS) is 17.7. The first-order valence-corrected chi connectivity index (χ1v) is 11.0. The lowest BCUT2D eigenvalue weighted by Gasteiger charge is -2.31. The number of carbonyl (C=O) groups is 1. The van der Waals surface area contributed by atoms with Crippen molar-refractivity contribution in [2.45, 2.75) is 13.5 Å². The lowest BCUT2D eigenvalue weighted by Crippen LogP contribution is -3.13. The van der Waals surface area contributed by atoms with Crippen molar-refractivity contribution in [1.82, 2.24) is 4.90 Å². The maximum Gasteiger partial charge on any atom is 0.232 e. The lowest BCUT2D eigenvalue weighted by atomic mass is 9.99. The zero-order valence-corrected chi connectivity index (χ0v) is 19.7. The Labute approximate surface area is 193 Å². The summed E-state index contributed by atoms with van der Waals surface area (Å²) in [7, 11) is 6.70. The van der Waals surface area contributed by atoms with E-state index in [-0.39, 0.29) is 17.3 Å². The van der Waals surface area contributed by atoms with Crippen molar-refractivity contribution >= 4 is 11.9 Å². The maximum atomic E-state index is 13.3. The van der Waals surface area contributed by atoms with Gasteiger partial charge in [0.2, 0.25) is 11.5 Å². The predicted molar refractivity (Wildman–Crippen MR) is 122 cm³/mol. The molecule has 0 amide bonds. The Bertz CT molecular complexity index is 1080. The van der Waals surface area contributed by atoms with E-state index in [9.17, 15) is 9.90 Å². The van der Waals surface area contributed by atoms with Gasteiger partial charge in [-0.15, -0.1) is 0 Å². The average molecular weight is 455 g/mol. The van der Waals surface area contributed by atoms with Gasteiger partial charge in [0.05, 0.1) is 40.0 Å². The Morgan fingerprint density at radius 1 is 1.09 bits per heavy atom. The van der Waals surface area contributed by atoms with E-state index in [1.807, 2.05) is 0 Å². The van der Waals surface area contributed by atoms with Crippen molar-refractivity contribution in [1.29, 1.82) is 0 Å². The van der Waals surface area contributed by atoms with E-state index in [2.05, 4.69) is 11.9 Å². The minimum absolute atomic E-state index is 0.0838. The molecule has 0 atom stereocenters. The van der Waals surface area contributed by atoms with Crippen molar-refractivity contribution in [3.05, 3.63) is 46.2 Å². The number of piperazine rings is 1. The molecule has 4 rings (SSSR count). The number of fused-ring (bicyclic) bond motifs is 1. The zero-order valence-electron chi connectivity index (χ0n) is 19.7. The number of quaternary nitrogens is 1. The quantitative estimate of drug-likeness (QED) is 0.653. The van der Waals surface area contributed by atoms with Crippen LogP contribution in [0.2, 0.25) is 0 Å². The Hall–Kier alpha value is -3.23. The molecule has 0 bridgehead atoms. The Morgan fingerprint density at radius 3 is 2.30 bits per heavy atom. The van der Waals surface area contributed by atoms with Crippen LogP contribution in [-0.4, -0.2) is 65.2 Å². The predicted octanol–water partition coefficient (Wildman–Crippen LogP) is 1.04. The van der Waals surface area contributed by atoms with Crippen molar-refractivity contribution in [3.63, 3.8) is 0 Å². The van der Waals surface area contributed by atoms with Crippen LogP contribution in [0.15, 0.2) is 24.0 Å². The molecule has 0 aromatic heterocycles. The van der Waals surface area contributed by atoms with E-state index in [0.717, 1.165) is 26.2 Å². The third-order valence-electron chi connectivity index (χ3n) is 6.31. The molecule has 2 aromatic carbocycles. The molecule has 0 radical (unpaired) electrons. The van der Waals surface area contributed by atoms with Gasteiger partial charge in [-0.25, -0.2) is 0 Å². The van der Waals surface area contributed by atoms with E-state index in [4.69, 9.17) is 18.9 Å². The summed E-state index contributed by atoms with van der Waals surface area (Å²) < 4.78 is 22.2. The molecule has 2 heterocycles. The number of allylic oxidation sites excluding steroid dienone is 1. The van der Waals surface area contributed by atoms with Crippen LogP contribution >= 0.6 is 0 Å². The van der Waals surface area contributed by atoms with Gasteiger partial charge in [0.25, 0.3) is 0 Å². The molecule has 8 nitrogen and oxygen atoms in total. The first-order valence-electron chi connectivity index (χ1n) is 11.0. The minimum Gasteiger partial charge on any atom is -0.872 e. The number of ether oxygens (including phenoxy) is 4. The Kier molecular flexibility index (Phi) is 6.49. The molecule has 0 aliphatic carbocycles. The van der Waals surface area contributed by atoms with E-state index >= 15 is 0 Å². The van der Waals surface area contributed by atoms with Gasteiger partial charge in [0.1, 0.15) is 12.3 Å². The number of aryl methyl sites for hydroxylation is 1. The molecule has 33 heavy (non-hydrogen) atoms. The van der Waals surface area contributed by atoms with E-state index < -0.39 is 0 Å². The molecule has 0 saturated carbocycles. The Balaban J connectivity index is 1.70. The fourth-order valence-corrected chi connectivity index (χ4v) is 4.43. The van der Waals surface area contributed by atoms with Crippen LogP contribution in [0, 0.1) is 6.92 Å². The minimum atomic E-state index is -0.231. The number of methoxy groups -OCH3 is 3. The van der Waals surface area contributed by atoms with Crippen molar-refractivity contribution < 1.29 is 33.7 Å². The standard InChI is InChI=1S/C25H30N2O6/c1-15-10-18(28)17(14-27-8-6-26(2)7-9-27)24-22(15)23(29)19(33-24)11-16-12-20(30-3)25(32-5)21(13-16)31-4/h10-13,28H,6-9,14H2,1-5H3/b19-11-. The molecular formula is C25H30N2O6. The number of hydrogen-bond acceptors (Lipinski definition) is 7. The number of nitrogens with zero attached hydrogens (tertiary/aromatic N) is 1. The van der Waals surface area contributed by atoms with E-state index in [1.54, 1.807) is 31.2 Å². The summed E-state index contributed by atoms with van der Waals surface area (Å²) in [6.45, 7) is 6.16. The smallest absolute Gasteiger partial charge is 0.232 e. The lowest BCUT2D eigenvalue weighted by molar-refractivity contribution is -0.918. The number of benzene rings is 2. The van der Waals surface area contributed by atoms with Gasteiger partial charge in [-0.05, 0) is 43.3 Å². The highest BCUT2D eigenvalue weighted by atomic mass is 16.5. The van der Waals surface area contributed by atoms with Gasteiger partial charge < -0.3 is 29.0 Å². The second-order valence-electron chi connectivity index (χ2n) is 8.50. The van der Waals surface area contributed by atoms with Gasteiger partial charge in [-0.1, -0.05) is 11.8 Å². The summed E-state index contributed by atoms with van der Waals surface area (Å²) in [6.07, 6.45) is 1.64. The van der Waals surface area contributed by atoms with Gasteiger partial charge in [0, 0.05) is 18.7 Å². The topological polar surface area (TPSA) is 84.7 Å². The highest BCUT2D eigenvalue weighted by molar-refractivity contribution is 6.15. The van der Waals surface area contributed by atoms with Gasteiger partial charge >= 0.3 is 0 Å². The van der Waals surface area contributed by atoms with Crippen LogP contribution in [0.1, 0.15) is 27.0 Å². The largest absolute Gasteiger partial charge is 0.872 e. The van der Waals surface area contributed by atoms with Crippen LogP contribution in [0.25, 0.3) is 6.08 Å². The van der Waals surface area contributed by atoms with Crippen LogP contribution in [-0.2, 0) is 6.54 Å². The summed E-state index contributed by atoms with van der Waals surface area (Å²) >= 11 is 0. The van der Waals surface area contributed by atoms with Crippen molar-refractivity contribution in [2.75, 3.05) is 54.6 Å². The molecule has 1 N–H and O–H groups in total. The number of ketones is 1. The molecular weight excluding hydrogens is 424 g/mol. The molecule has 2 aliphatic rings. The number of nitrogens with one attached hydrogen (secondary N) is 1. The van der Waals surface area contributed by atoms with Gasteiger partial charge in [-0.3, -0.25) is 9.69 Å². The molecule has 1 saturated heterocycles. The number of likely N-dealkylation sites (N-methyl/N-ethyl adjacent to an activating group) is 1. The van der Waals surface area contributed by atoms with Gasteiger partial charge in [0.15, 0.2) is 17.3 Å². The second-order valence-corrected chi connectivity index (χ2v) is 8.50. The third-order valence-corrected chi connectivity index (χ3v) is 6.31. The fourth-order valence-electron chi connectivity index (χ4n) is 4.43. The van der Waals surface area contributed by atoms with Crippen molar-refractivity contribution in [3.8, 4) is 28.7 Å². The van der Waals surface area contributed by atoms with Crippen LogP contribution in [0.3, 0.4) is 0 Å². The van der Waals surface area contributed by atoms with Crippen molar-refractivity contribution in [2.24, 2.45) is 0 Å². The first-order chi connectivity index (χ1) is 15.9. The summed E-state index contributed by atoms with van der Waals surface area (Å²) in [4.78, 5) is 16.8. The third kappa shape index (κ3) is 4.36.